The summed E-state index contributed by atoms with van der Waals surface area (Å²) < 4.78 is 5.23. The van der Waals surface area contributed by atoms with Crippen LogP contribution in [0.1, 0.15) is 37.1 Å². The molecule has 0 aliphatic carbocycles. The highest BCUT2D eigenvalue weighted by Gasteiger charge is 2.23. The summed E-state index contributed by atoms with van der Waals surface area (Å²) in [5.74, 6) is 2.85. The zero-order valence-corrected chi connectivity index (χ0v) is 17.8. The van der Waals surface area contributed by atoms with Crippen molar-refractivity contribution in [1.82, 2.24) is 30.3 Å². The van der Waals surface area contributed by atoms with Gasteiger partial charge in [-0.25, -0.2) is 4.98 Å². The van der Waals surface area contributed by atoms with Crippen LogP contribution in [-0.4, -0.2) is 70.7 Å². The van der Waals surface area contributed by atoms with Crippen LogP contribution in [0.25, 0.3) is 0 Å². The van der Waals surface area contributed by atoms with Crippen molar-refractivity contribution in [2.45, 2.75) is 33.4 Å². The third-order valence-electron chi connectivity index (χ3n) is 5.30. The Hall–Kier alpha value is -2.45. The fraction of sp³-hybridized carbons (Fsp3) is 0.571. The standard InChI is InChI=1S/C21H32N6O2/c1-15(2)21(17-5-7-18(29-4)8-6-17)23-20(28)14-27-11-9-26(10-12-27)13-19-22-16(3)24-25-19/h5-8,15,21H,9-14H2,1-4H3,(H,23,28)(H,22,24,25). The van der Waals surface area contributed by atoms with Crippen molar-refractivity contribution >= 4 is 5.91 Å². The van der Waals surface area contributed by atoms with E-state index in [0.717, 1.165) is 55.7 Å². The zero-order chi connectivity index (χ0) is 20.8. The van der Waals surface area contributed by atoms with Crippen LogP contribution in [0, 0.1) is 12.8 Å². The Balaban J connectivity index is 1.47. The molecule has 158 valence electrons. The lowest BCUT2D eigenvalue weighted by Gasteiger charge is -2.34. The van der Waals surface area contributed by atoms with Crippen LogP contribution in [0.3, 0.4) is 0 Å². The Morgan fingerprint density at radius 3 is 2.38 bits per heavy atom. The van der Waals surface area contributed by atoms with Gasteiger partial charge in [0.1, 0.15) is 11.6 Å². The third-order valence-corrected chi connectivity index (χ3v) is 5.30. The Kier molecular flexibility index (Phi) is 7.22. The topological polar surface area (TPSA) is 86.4 Å². The zero-order valence-electron chi connectivity index (χ0n) is 17.8. The van der Waals surface area contributed by atoms with Gasteiger partial charge >= 0.3 is 0 Å². The number of benzene rings is 1. The summed E-state index contributed by atoms with van der Waals surface area (Å²) >= 11 is 0. The van der Waals surface area contributed by atoms with E-state index in [-0.39, 0.29) is 11.9 Å². The van der Waals surface area contributed by atoms with Crippen LogP contribution in [-0.2, 0) is 11.3 Å². The minimum atomic E-state index is -0.0105. The van der Waals surface area contributed by atoms with Crippen molar-refractivity contribution in [3.05, 3.63) is 41.5 Å². The molecule has 2 aromatic rings. The molecular weight excluding hydrogens is 368 g/mol. The Morgan fingerprint density at radius 2 is 1.83 bits per heavy atom. The number of carbonyl (C=O) groups is 1. The Labute approximate surface area is 172 Å². The molecule has 1 aromatic carbocycles. The van der Waals surface area contributed by atoms with E-state index in [0.29, 0.717) is 12.5 Å². The number of aromatic nitrogens is 3. The van der Waals surface area contributed by atoms with Gasteiger partial charge in [-0.15, -0.1) is 0 Å². The molecule has 0 radical (unpaired) electrons. The van der Waals surface area contributed by atoms with E-state index in [1.807, 2.05) is 31.2 Å². The van der Waals surface area contributed by atoms with Crippen molar-refractivity contribution in [3.8, 4) is 5.75 Å². The molecular formula is C21H32N6O2. The number of carbonyl (C=O) groups excluding carboxylic acids is 1. The van der Waals surface area contributed by atoms with Gasteiger partial charge in [0.15, 0.2) is 5.82 Å². The van der Waals surface area contributed by atoms with Gasteiger partial charge in [-0.3, -0.25) is 19.7 Å². The molecule has 1 saturated heterocycles. The van der Waals surface area contributed by atoms with Crippen LogP contribution in [0.5, 0.6) is 5.75 Å². The van der Waals surface area contributed by atoms with E-state index in [1.165, 1.54) is 0 Å². The maximum atomic E-state index is 12.7. The molecule has 8 heteroatoms. The highest BCUT2D eigenvalue weighted by Crippen LogP contribution is 2.24. The van der Waals surface area contributed by atoms with Crippen LogP contribution < -0.4 is 10.1 Å². The summed E-state index contributed by atoms with van der Waals surface area (Å²) in [6, 6.07) is 7.90. The quantitative estimate of drug-likeness (QED) is 0.702. The van der Waals surface area contributed by atoms with Gasteiger partial charge in [0.25, 0.3) is 0 Å². The third kappa shape index (κ3) is 6.01. The average molecular weight is 401 g/mol. The number of hydrogen-bond donors (Lipinski definition) is 2. The highest BCUT2D eigenvalue weighted by atomic mass is 16.5. The molecule has 1 aliphatic heterocycles. The van der Waals surface area contributed by atoms with Gasteiger partial charge < -0.3 is 10.1 Å². The molecule has 8 nitrogen and oxygen atoms in total. The molecule has 2 N–H and O–H groups in total. The number of rotatable bonds is 8. The van der Waals surface area contributed by atoms with E-state index >= 15 is 0 Å². The fourth-order valence-electron chi connectivity index (χ4n) is 3.63. The molecule has 1 unspecified atom stereocenters. The molecule has 3 rings (SSSR count). The number of methoxy groups -OCH3 is 1. The number of hydrogen-bond acceptors (Lipinski definition) is 6. The minimum Gasteiger partial charge on any atom is -0.497 e. The molecule has 1 atom stereocenters. The first-order valence-corrected chi connectivity index (χ1v) is 10.2. The van der Waals surface area contributed by atoms with Crippen LogP contribution in [0.2, 0.25) is 0 Å². The van der Waals surface area contributed by atoms with Crippen LogP contribution in [0.15, 0.2) is 24.3 Å². The van der Waals surface area contributed by atoms with Crippen LogP contribution >= 0.6 is 0 Å². The summed E-state index contributed by atoms with van der Waals surface area (Å²) in [5.41, 5.74) is 1.10. The number of nitrogens with zero attached hydrogens (tertiary/aromatic N) is 4. The molecule has 1 aliphatic rings. The maximum absolute atomic E-state index is 12.7. The van der Waals surface area contributed by atoms with E-state index in [1.54, 1.807) is 7.11 Å². The molecule has 29 heavy (non-hydrogen) atoms. The SMILES string of the molecule is COc1ccc(C(NC(=O)CN2CCN(Cc3n[nH]c(C)n3)CC2)C(C)C)cc1. The van der Waals surface area contributed by atoms with Gasteiger partial charge in [0.2, 0.25) is 5.91 Å². The number of aromatic amines is 1. The number of amides is 1. The van der Waals surface area contributed by atoms with Gasteiger partial charge in [-0.05, 0) is 30.5 Å². The van der Waals surface area contributed by atoms with Crippen molar-refractivity contribution in [2.24, 2.45) is 5.92 Å². The molecule has 0 saturated carbocycles. The summed E-state index contributed by atoms with van der Waals surface area (Å²) in [6.45, 7) is 10.9. The lowest BCUT2D eigenvalue weighted by Crippen LogP contribution is -2.49. The lowest BCUT2D eigenvalue weighted by molar-refractivity contribution is -0.123. The number of ether oxygens (including phenoxy) is 1. The fourth-order valence-corrected chi connectivity index (χ4v) is 3.63. The molecule has 1 aromatic heterocycles. The number of H-pyrrole nitrogens is 1. The van der Waals surface area contributed by atoms with Crippen molar-refractivity contribution in [1.29, 1.82) is 0 Å². The lowest BCUT2D eigenvalue weighted by atomic mass is 9.96. The normalized spacial score (nSPS) is 16.7. The first-order valence-electron chi connectivity index (χ1n) is 10.2. The molecule has 2 heterocycles. The Morgan fingerprint density at radius 1 is 1.17 bits per heavy atom. The monoisotopic (exact) mass is 400 g/mol. The van der Waals surface area contributed by atoms with E-state index in [9.17, 15) is 4.79 Å². The van der Waals surface area contributed by atoms with Gasteiger partial charge in [0, 0.05) is 26.2 Å². The maximum Gasteiger partial charge on any atom is 0.234 e. The average Bonchev–Trinajstić information content (AvgIpc) is 3.12. The second-order valence-electron chi connectivity index (χ2n) is 7.95. The summed E-state index contributed by atoms with van der Waals surface area (Å²) in [6.07, 6.45) is 0. The molecule has 0 spiro atoms. The summed E-state index contributed by atoms with van der Waals surface area (Å²) in [7, 11) is 1.66. The first kappa shape index (κ1) is 21.3. The highest BCUT2D eigenvalue weighted by molar-refractivity contribution is 5.78. The second-order valence-corrected chi connectivity index (χ2v) is 7.95. The predicted molar refractivity (Wildman–Crippen MR) is 112 cm³/mol. The van der Waals surface area contributed by atoms with Gasteiger partial charge in [0.05, 0.1) is 26.2 Å². The summed E-state index contributed by atoms with van der Waals surface area (Å²) in [5, 5.41) is 10.3. The number of piperazine rings is 1. The van der Waals surface area contributed by atoms with Gasteiger partial charge in [-0.2, -0.15) is 5.10 Å². The molecule has 0 bridgehead atoms. The predicted octanol–water partition coefficient (Wildman–Crippen LogP) is 1.75. The van der Waals surface area contributed by atoms with E-state index in [4.69, 9.17) is 4.74 Å². The Bertz CT molecular complexity index is 781. The smallest absolute Gasteiger partial charge is 0.234 e. The summed E-state index contributed by atoms with van der Waals surface area (Å²) in [4.78, 5) is 21.6. The second kappa shape index (κ2) is 9.84. The molecule has 1 fully saturated rings. The number of nitrogens with one attached hydrogen (secondary N) is 2. The van der Waals surface area contributed by atoms with E-state index in [2.05, 4.69) is 44.1 Å². The first-order chi connectivity index (χ1) is 13.9. The van der Waals surface area contributed by atoms with Crippen molar-refractivity contribution in [3.63, 3.8) is 0 Å². The number of aryl methyl sites for hydroxylation is 1. The molecule has 1 amide bonds. The largest absolute Gasteiger partial charge is 0.497 e. The minimum absolute atomic E-state index is 0.0105. The van der Waals surface area contributed by atoms with Crippen molar-refractivity contribution < 1.29 is 9.53 Å². The van der Waals surface area contributed by atoms with Crippen molar-refractivity contribution in [2.75, 3.05) is 39.8 Å². The van der Waals surface area contributed by atoms with Gasteiger partial charge in [-0.1, -0.05) is 26.0 Å². The van der Waals surface area contributed by atoms with E-state index < -0.39 is 0 Å². The van der Waals surface area contributed by atoms with Crippen LogP contribution in [0.4, 0.5) is 0 Å².